The maximum Gasteiger partial charge on any atom is 0.231 e. The summed E-state index contributed by atoms with van der Waals surface area (Å²) < 4.78 is 23.2. The van der Waals surface area contributed by atoms with E-state index in [9.17, 15) is 9.90 Å². The van der Waals surface area contributed by atoms with Crippen molar-refractivity contribution in [3.05, 3.63) is 23.8 Å². The van der Waals surface area contributed by atoms with Crippen molar-refractivity contribution in [3.8, 4) is 11.5 Å². The normalized spacial score (nSPS) is 31.0. The van der Waals surface area contributed by atoms with Gasteiger partial charge in [-0.3, -0.25) is 9.69 Å². The molecule has 5 rings (SSSR count). The first-order chi connectivity index (χ1) is 16.0. The summed E-state index contributed by atoms with van der Waals surface area (Å²) in [5, 5.41) is 10.4. The lowest BCUT2D eigenvalue weighted by Gasteiger charge is -2.45. The molecule has 1 aromatic carbocycles. The number of likely N-dealkylation sites (N-methyl/N-ethyl adjacent to an activating group) is 1. The summed E-state index contributed by atoms with van der Waals surface area (Å²) in [5.41, 5.74) is 1.11. The van der Waals surface area contributed by atoms with E-state index in [2.05, 4.69) is 16.8 Å². The fourth-order valence-electron chi connectivity index (χ4n) is 5.28. The molecule has 9 nitrogen and oxygen atoms in total. The van der Waals surface area contributed by atoms with E-state index in [0.29, 0.717) is 26.1 Å². The molecule has 4 atom stereocenters. The average molecular weight is 462 g/mol. The second-order valence-corrected chi connectivity index (χ2v) is 9.64. The van der Waals surface area contributed by atoms with E-state index in [0.717, 1.165) is 56.1 Å². The zero-order valence-corrected chi connectivity index (χ0v) is 19.4. The number of hydrogen-bond donors (Lipinski definition) is 1. The minimum atomic E-state index is -0.545. The first-order valence-corrected chi connectivity index (χ1v) is 12.1. The number of amides is 1. The third-order valence-corrected chi connectivity index (χ3v) is 7.17. The molecular formula is C24H35N3O6. The zero-order valence-electron chi connectivity index (χ0n) is 19.4. The van der Waals surface area contributed by atoms with Gasteiger partial charge in [-0.1, -0.05) is 6.07 Å². The Morgan fingerprint density at radius 2 is 1.91 bits per heavy atom. The summed E-state index contributed by atoms with van der Waals surface area (Å²) in [5.74, 6) is 1.72. The second kappa shape index (κ2) is 10.1. The number of piperazine rings is 1. The molecule has 9 heteroatoms. The summed E-state index contributed by atoms with van der Waals surface area (Å²) in [7, 11) is 2.09. The number of rotatable bonds is 4. The third-order valence-electron chi connectivity index (χ3n) is 7.17. The van der Waals surface area contributed by atoms with Crippen LogP contribution in [-0.2, 0) is 20.8 Å². The van der Waals surface area contributed by atoms with Gasteiger partial charge in [0.05, 0.1) is 37.9 Å². The van der Waals surface area contributed by atoms with E-state index in [1.165, 1.54) is 0 Å². The van der Waals surface area contributed by atoms with Gasteiger partial charge in [0.1, 0.15) is 0 Å². The molecule has 33 heavy (non-hydrogen) atoms. The Labute approximate surface area is 195 Å². The molecule has 1 aromatic rings. The molecule has 0 aromatic heterocycles. The average Bonchev–Trinajstić information content (AvgIpc) is 3.26. The number of carbonyl (C=O) groups excluding carboxylic acids is 1. The maximum absolute atomic E-state index is 12.8. The van der Waals surface area contributed by atoms with Crippen LogP contribution >= 0.6 is 0 Å². The van der Waals surface area contributed by atoms with E-state index < -0.39 is 6.10 Å². The molecule has 0 spiro atoms. The van der Waals surface area contributed by atoms with Crippen LogP contribution in [-0.4, -0.2) is 110 Å². The van der Waals surface area contributed by atoms with Crippen LogP contribution in [0.4, 0.5) is 0 Å². The Bertz CT molecular complexity index is 830. The fraction of sp³-hybridized carbons (Fsp3) is 0.708. The smallest absolute Gasteiger partial charge is 0.231 e. The van der Waals surface area contributed by atoms with Crippen molar-refractivity contribution in [1.29, 1.82) is 0 Å². The van der Waals surface area contributed by atoms with Crippen molar-refractivity contribution in [2.45, 2.75) is 50.2 Å². The van der Waals surface area contributed by atoms with E-state index in [4.69, 9.17) is 18.9 Å². The molecule has 3 saturated heterocycles. The zero-order chi connectivity index (χ0) is 22.8. The van der Waals surface area contributed by atoms with Gasteiger partial charge < -0.3 is 33.9 Å². The lowest BCUT2D eigenvalue weighted by atomic mass is 9.94. The Hall–Kier alpha value is -1.91. The molecule has 0 aliphatic carbocycles. The van der Waals surface area contributed by atoms with Gasteiger partial charge in [-0.15, -0.1) is 0 Å². The van der Waals surface area contributed by atoms with Crippen molar-refractivity contribution < 1.29 is 28.8 Å². The number of aliphatic hydroxyl groups excluding tert-OH is 1. The van der Waals surface area contributed by atoms with Gasteiger partial charge in [0.15, 0.2) is 11.5 Å². The highest BCUT2D eigenvalue weighted by Crippen LogP contribution is 2.34. The van der Waals surface area contributed by atoms with Gasteiger partial charge in [0, 0.05) is 45.3 Å². The van der Waals surface area contributed by atoms with Gasteiger partial charge >= 0.3 is 0 Å². The number of nitrogens with zero attached hydrogens (tertiary/aromatic N) is 3. The molecular weight excluding hydrogens is 426 g/mol. The van der Waals surface area contributed by atoms with Crippen molar-refractivity contribution in [2.24, 2.45) is 0 Å². The summed E-state index contributed by atoms with van der Waals surface area (Å²) in [4.78, 5) is 19.3. The molecule has 0 radical (unpaired) electrons. The quantitative estimate of drug-likeness (QED) is 0.701. The van der Waals surface area contributed by atoms with Crippen LogP contribution in [0.3, 0.4) is 0 Å². The topological polar surface area (TPSA) is 83.9 Å². The minimum Gasteiger partial charge on any atom is -0.454 e. The first-order valence-electron chi connectivity index (χ1n) is 12.1. The number of carbonyl (C=O) groups is 1. The molecule has 0 unspecified atom stereocenters. The molecule has 0 saturated carbocycles. The van der Waals surface area contributed by atoms with Crippen LogP contribution in [0.1, 0.15) is 24.8 Å². The van der Waals surface area contributed by atoms with Crippen molar-refractivity contribution in [2.75, 3.05) is 59.8 Å². The molecule has 3 fully saturated rings. The second-order valence-electron chi connectivity index (χ2n) is 9.64. The van der Waals surface area contributed by atoms with Crippen LogP contribution in [0.15, 0.2) is 18.2 Å². The summed E-state index contributed by atoms with van der Waals surface area (Å²) in [6.07, 6.45) is 1.42. The van der Waals surface area contributed by atoms with Crippen LogP contribution in [0.2, 0.25) is 0 Å². The predicted molar refractivity (Wildman–Crippen MR) is 120 cm³/mol. The molecule has 0 bridgehead atoms. The lowest BCUT2D eigenvalue weighted by Crippen LogP contribution is -2.55. The van der Waals surface area contributed by atoms with Gasteiger partial charge in [-0.25, -0.2) is 0 Å². The van der Waals surface area contributed by atoms with Crippen LogP contribution in [0, 0.1) is 0 Å². The fourth-order valence-corrected chi connectivity index (χ4v) is 5.28. The van der Waals surface area contributed by atoms with E-state index in [1.807, 2.05) is 23.1 Å². The van der Waals surface area contributed by atoms with Crippen LogP contribution < -0.4 is 9.47 Å². The van der Waals surface area contributed by atoms with Crippen molar-refractivity contribution in [1.82, 2.24) is 14.7 Å². The van der Waals surface area contributed by atoms with Gasteiger partial charge in [-0.05, 0) is 37.6 Å². The standard InChI is InChI=1S/C24H35N3O6/c1-25-6-8-26(9-7-25)24(29)11-19-3-4-20-23(33-19)15-30-14-18(28)13-27(20)12-17-2-5-21-22(10-17)32-16-31-21/h2,5,10,18-20,23,28H,3-4,6-9,11-16H2,1H3/t18-,19+,20+,23-/m0/s1. The number of fused-ring (bicyclic) bond motifs is 2. The summed E-state index contributed by atoms with van der Waals surface area (Å²) in [6.45, 7) is 5.60. The van der Waals surface area contributed by atoms with E-state index in [-0.39, 0.29) is 37.6 Å². The Morgan fingerprint density at radius 1 is 1.09 bits per heavy atom. The monoisotopic (exact) mass is 461 g/mol. The number of ether oxygens (including phenoxy) is 4. The SMILES string of the molecule is CN1CCN(C(=O)C[C@H]2CC[C@@H]3[C@H](COC[C@@H](O)CN3Cc3ccc4c(c3)OCO4)O2)CC1. The van der Waals surface area contributed by atoms with E-state index in [1.54, 1.807) is 0 Å². The lowest BCUT2D eigenvalue weighted by molar-refractivity contribution is -0.161. The highest BCUT2D eigenvalue weighted by molar-refractivity contribution is 5.76. The Kier molecular flexibility index (Phi) is 7.03. The molecule has 4 heterocycles. The summed E-state index contributed by atoms with van der Waals surface area (Å²) in [6, 6.07) is 6.13. The van der Waals surface area contributed by atoms with Crippen LogP contribution in [0.5, 0.6) is 11.5 Å². The number of benzene rings is 1. The molecule has 4 aliphatic rings. The molecule has 182 valence electrons. The molecule has 4 aliphatic heterocycles. The minimum absolute atomic E-state index is 0.0845. The van der Waals surface area contributed by atoms with Gasteiger partial charge in [-0.2, -0.15) is 0 Å². The highest BCUT2D eigenvalue weighted by Gasteiger charge is 2.38. The van der Waals surface area contributed by atoms with Crippen LogP contribution in [0.25, 0.3) is 0 Å². The molecule has 1 amide bonds. The Morgan fingerprint density at radius 3 is 2.76 bits per heavy atom. The number of hydrogen-bond acceptors (Lipinski definition) is 8. The van der Waals surface area contributed by atoms with Crippen molar-refractivity contribution >= 4 is 5.91 Å². The number of aliphatic hydroxyl groups is 1. The summed E-state index contributed by atoms with van der Waals surface area (Å²) >= 11 is 0. The van der Waals surface area contributed by atoms with Gasteiger partial charge in [0.2, 0.25) is 12.7 Å². The van der Waals surface area contributed by atoms with Gasteiger partial charge in [0.25, 0.3) is 0 Å². The predicted octanol–water partition coefficient (Wildman–Crippen LogP) is 0.689. The third kappa shape index (κ3) is 5.44. The largest absolute Gasteiger partial charge is 0.454 e. The maximum atomic E-state index is 12.8. The van der Waals surface area contributed by atoms with E-state index >= 15 is 0 Å². The Balaban J connectivity index is 1.23. The highest BCUT2D eigenvalue weighted by atomic mass is 16.7. The number of β-amino-alcohol motifs (C(OH)–C–C–N with tert-alkyl or cyclic N) is 1. The first kappa shape index (κ1) is 22.9. The molecule has 1 N–H and O–H groups in total. The van der Waals surface area contributed by atoms with Crippen molar-refractivity contribution in [3.63, 3.8) is 0 Å².